The summed E-state index contributed by atoms with van der Waals surface area (Å²) in [6.45, 7) is 7.53. The summed E-state index contributed by atoms with van der Waals surface area (Å²) < 4.78 is 3.82. The fourth-order valence-electron chi connectivity index (χ4n) is 1.08. The largest absolute Gasteiger partial charge is 0.308 e. The molecule has 1 rings (SSSR count). The SMILES string of the molecule is CCC(C)C(C)NCc1csnn1. The molecule has 0 radical (unpaired) electrons. The Morgan fingerprint density at radius 1 is 1.54 bits per heavy atom. The van der Waals surface area contributed by atoms with Gasteiger partial charge in [-0.25, -0.2) is 0 Å². The highest BCUT2D eigenvalue weighted by atomic mass is 32.1. The van der Waals surface area contributed by atoms with E-state index in [0.29, 0.717) is 12.0 Å². The fraction of sp³-hybridized carbons (Fsp3) is 0.778. The van der Waals surface area contributed by atoms with Gasteiger partial charge >= 0.3 is 0 Å². The number of hydrogen-bond donors (Lipinski definition) is 1. The van der Waals surface area contributed by atoms with E-state index in [4.69, 9.17) is 0 Å². The zero-order valence-corrected chi connectivity index (χ0v) is 9.27. The Hall–Kier alpha value is -0.480. The van der Waals surface area contributed by atoms with Crippen LogP contribution in [0.1, 0.15) is 32.9 Å². The number of nitrogens with one attached hydrogen (secondary N) is 1. The van der Waals surface area contributed by atoms with E-state index >= 15 is 0 Å². The van der Waals surface area contributed by atoms with Gasteiger partial charge in [-0.1, -0.05) is 24.8 Å². The first kappa shape index (κ1) is 10.6. The van der Waals surface area contributed by atoms with Crippen molar-refractivity contribution in [3.63, 3.8) is 0 Å². The van der Waals surface area contributed by atoms with Gasteiger partial charge in [0.25, 0.3) is 0 Å². The van der Waals surface area contributed by atoms with Crippen LogP contribution in [0.4, 0.5) is 0 Å². The van der Waals surface area contributed by atoms with Crippen molar-refractivity contribution in [3.8, 4) is 0 Å². The van der Waals surface area contributed by atoms with E-state index in [-0.39, 0.29) is 0 Å². The molecule has 2 unspecified atom stereocenters. The smallest absolute Gasteiger partial charge is 0.0893 e. The van der Waals surface area contributed by atoms with Crippen molar-refractivity contribution >= 4 is 11.5 Å². The summed E-state index contributed by atoms with van der Waals surface area (Å²) in [6, 6.07) is 0.548. The maximum Gasteiger partial charge on any atom is 0.0893 e. The summed E-state index contributed by atoms with van der Waals surface area (Å²) in [7, 11) is 0. The predicted octanol–water partition coefficient (Wildman–Crippen LogP) is 2.06. The first-order valence-electron chi connectivity index (χ1n) is 4.73. The van der Waals surface area contributed by atoms with Gasteiger partial charge in [0, 0.05) is 18.0 Å². The van der Waals surface area contributed by atoms with Crippen molar-refractivity contribution in [2.24, 2.45) is 5.92 Å². The van der Waals surface area contributed by atoms with E-state index < -0.39 is 0 Å². The fourth-order valence-corrected chi connectivity index (χ4v) is 1.53. The molecule has 1 aromatic rings. The highest BCUT2D eigenvalue weighted by molar-refractivity contribution is 7.03. The Bertz CT molecular complexity index is 223. The molecule has 0 aliphatic heterocycles. The summed E-state index contributed by atoms with van der Waals surface area (Å²) in [5, 5.41) is 9.40. The Labute approximate surface area is 83.7 Å². The molecule has 0 saturated carbocycles. The molecule has 0 bridgehead atoms. The first-order valence-corrected chi connectivity index (χ1v) is 5.57. The number of hydrogen-bond acceptors (Lipinski definition) is 4. The van der Waals surface area contributed by atoms with E-state index in [9.17, 15) is 0 Å². The molecule has 74 valence electrons. The Morgan fingerprint density at radius 2 is 2.31 bits per heavy atom. The highest BCUT2D eigenvalue weighted by Crippen LogP contribution is 2.07. The molecule has 2 atom stereocenters. The van der Waals surface area contributed by atoms with Crippen LogP contribution in [0.5, 0.6) is 0 Å². The second kappa shape index (κ2) is 5.29. The van der Waals surface area contributed by atoms with Crippen LogP contribution in [0, 0.1) is 5.92 Å². The van der Waals surface area contributed by atoms with Crippen LogP contribution in [-0.2, 0) is 6.54 Å². The highest BCUT2D eigenvalue weighted by Gasteiger charge is 2.09. The third kappa shape index (κ3) is 3.40. The standard InChI is InChI=1S/C9H17N3S/c1-4-7(2)8(3)10-5-9-6-13-12-11-9/h6-8,10H,4-5H2,1-3H3. The molecule has 0 aliphatic carbocycles. The molecular formula is C9H17N3S. The number of nitrogens with zero attached hydrogens (tertiary/aromatic N) is 2. The van der Waals surface area contributed by atoms with Gasteiger partial charge in [0.2, 0.25) is 0 Å². The van der Waals surface area contributed by atoms with Crippen molar-refractivity contribution in [1.29, 1.82) is 0 Å². The summed E-state index contributed by atoms with van der Waals surface area (Å²) in [4.78, 5) is 0. The predicted molar refractivity (Wildman–Crippen MR) is 55.7 cm³/mol. The van der Waals surface area contributed by atoms with Gasteiger partial charge in [0.05, 0.1) is 5.69 Å². The normalized spacial score (nSPS) is 15.6. The zero-order chi connectivity index (χ0) is 9.68. The molecule has 4 heteroatoms. The molecular weight excluding hydrogens is 182 g/mol. The average Bonchev–Trinajstić information content (AvgIpc) is 2.65. The summed E-state index contributed by atoms with van der Waals surface area (Å²) in [6.07, 6.45) is 1.21. The molecule has 0 fully saturated rings. The van der Waals surface area contributed by atoms with Gasteiger partial charge < -0.3 is 5.32 Å². The molecule has 3 nitrogen and oxygen atoms in total. The second-order valence-corrected chi connectivity index (χ2v) is 4.06. The molecule has 0 aromatic carbocycles. The van der Waals surface area contributed by atoms with Gasteiger partial charge in [0.1, 0.15) is 0 Å². The molecule has 0 aliphatic rings. The zero-order valence-electron chi connectivity index (χ0n) is 8.45. The van der Waals surface area contributed by atoms with Crippen LogP contribution in [0.25, 0.3) is 0 Å². The summed E-state index contributed by atoms with van der Waals surface area (Å²) in [5.41, 5.74) is 1.04. The van der Waals surface area contributed by atoms with Crippen molar-refractivity contribution in [2.45, 2.75) is 39.8 Å². The molecule has 0 saturated heterocycles. The molecule has 13 heavy (non-hydrogen) atoms. The van der Waals surface area contributed by atoms with Crippen molar-refractivity contribution < 1.29 is 0 Å². The van der Waals surface area contributed by atoms with Crippen LogP contribution in [-0.4, -0.2) is 15.6 Å². The van der Waals surface area contributed by atoms with E-state index in [1.165, 1.54) is 18.0 Å². The van der Waals surface area contributed by atoms with Gasteiger partial charge in [-0.15, -0.1) is 5.10 Å². The topological polar surface area (TPSA) is 37.8 Å². The van der Waals surface area contributed by atoms with E-state index in [1.54, 1.807) is 0 Å². The first-order chi connectivity index (χ1) is 6.24. The van der Waals surface area contributed by atoms with Crippen LogP contribution in [0.3, 0.4) is 0 Å². The van der Waals surface area contributed by atoms with Gasteiger partial charge in [-0.2, -0.15) is 0 Å². The third-order valence-corrected chi connectivity index (χ3v) is 3.06. The lowest BCUT2D eigenvalue weighted by Crippen LogP contribution is -2.31. The molecule has 1 heterocycles. The van der Waals surface area contributed by atoms with Crippen LogP contribution in [0.2, 0.25) is 0 Å². The minimum Gasteiger partial charge on any atom is -0.308 e. The number of aromatic nitrogens is 2. The average molecular weight is 199 g/mol. The van der Waals surface area contributed by atoms with Crippen molar-refractivity contribution in [2.75, 3.05) is 0 Å². The van der Waals surface area contributed by atoms with Crippen molar-refractivity contribution in [1.82, 2.24) is 14.9 Å². The lowest BCUT2D eigenvalue weighted by atomic mass is 10.0. The minimum absolute atomic E-state index is 0.548. The minimum atomic E-state index is 0.548. The van der Waals surface area contributed by atoms with E-state index in [1.807, 2.05) is 5.38 Å². The Morgan fingerprint density at radius 3 is 2.85 bits per heavy atom. The Balaban J connectivity index is 2.26. The van der Waals surface area contributed by atoms with Crippen molar-refractivity contribution in [3.05, 3.63) is 11.1 Å². The van der Waals surface area contributed by atoms with Crippen LogP contribution in [0.15, 0.2) is 5.38 Å². The maximum absolute atomic E-state index is 3.98. The lowest BCUT2D eigenvalue weighted by Gasteiger charge is -2.18. The maximum atomic E-state index is 3.98. The third-order valence-electron chi connectivity index (χ3n) is 2.51. The van der Waals surface area contributed by atoms with Gasteiger partial charge in [0.15, 0.2) is 0 Å². The van der Waals surface area contributed by atoms with Crippen LogP contribution >= 0.6 is 11.5 Å². The monoisotopic (exact) mass is 199 g/mol. The molecule has 0 spiro atoms. The summed E-state index contributed by atoms with van der Waals surface area (Å²) in [5.74, 6) is 0.714. The second-order valence-electron chi connectivity index (χ2n) is 3.45. The van der Waals surface area contributed by atoms with Gasteiger partial charge in [-0.3, -0.25) is 0 Å². The summed E-state index contributed by atoms with van der Waals surface area (Å²) >= 11 is 1.40. The lowest BCUT2D eigenvalue weighted by molar-refractivity contribution is 0.388. The van der Waals surface area contributed by atoms with Crippen LogP contribution < -0.4 is 5.32 Å². The molecule has 1 N–H and O–H groups in total. The quantitative estimate of drug-likeness (QED) is 0.789. The Kier molecular flexibility index (Phi) is 4.32. The number of rotatable bonds is 5. The van der Waals surface area contributed by atoms with E-state index in [0.717, 1.165) is 12.2 Å². The van der Waals surface area contributed by atoms with E-state index in [2.05, 4.69) is 35.7 Å². The van der Waals surface area contributed by atoms with Gasteiger partial charge in [-0.05, 0) is 24.4 Å². The molecule has 0 amide bonds. The molecule has 1 aromatic heterocycles.